The van der Waals surface area contributed by atoms with Gasteiger partial charge in [-0.3, -0.25) is 14.3 Å². The van der Waals surface area contributed by atoms with Crippen molar-refractivity contribution in [3.8, 4) is 0 Å². The molecule has 160 valence electrons. The second-order valence-corrected chi connectivity index (χ2v) is 8.11. The summed E-state index contributed by atoms with van der Waals surface area (Å²) in [5.74, 6) is 0.284. The summed E-state index contributed by atoms with van der Waals surface area (Å²) in [5.41, 5.74) is 0.295. The fraction of sp³-hybridized carbons (Fsp3) is 0.600. The number of likely N-dealkylation sites (tertiary alicyclic amines) is 1. The highest BCUT2D eigenvalue weighted by Crippen LogP contribution is 2.44. The number of rotatable bonds is 4. The quantitative estimate of drug-likeness (QED) is 0.679. The molecule has 0 spiro atoms. The van der Waals surface area contributed by atoms with E-state index in [9.17, 15) is 9.59 Å². The second-order valence-electron chi connectivity index (χ2n) is 8.11. The molecule has 0 N–H and O–H groups in total. The maximum Gasteiger partial charge on any atom is 0.314 e. The number of anilines is 1. The molecular weight excluding hydrogens is 386 g/mol. The van der Waals surface area contributed by atoms with Gasteiger partial charge in [-0.25, -0.2) is 15.0 Å². The number of carbonyl (C=O) groups is 2. The van der Waals surface area contributed by atoms with Gasteiger partial charge < -0.3 is 14.5 Å². The third kappa shape index (κ3) is 3.61. The van der Waals surface area contributed by atoms with Crippen molar-refractivity contribution >= 4 is 17.8 Å². The van der Waals surface area contributed by atoms with Crippen LogP contribution in [-0.4, -0.2) is 74.3 Å². The van der Waals surface area contributed by atoms with E-state index in [1.165, 1.54) is 11.0 Å². The van der Waals surface area contributed by atoms with Crippen molar-refractivity contribution in [2.75, 3.05) is 37.7 Å². The maximum absolute atomic E-state index is 13.1. The summed E-state index contributed by atoms with van der Waals surface area (Å²) in [7, 11) is 1.73. The van der Waals surface area contributed by atoms with Gasteiger partial charge in [0.15, 0.2) is 0 Å². The van der Waals surface area contributed by atoms with E-state index in [4.69, 9.17) is 4.74 Å². The molecule has 30 heavy (non-hydrogen) atoms. The molecular formula is C20H27N7O3. The van der Waals surface area contributed by atoms with Crippen LogP contribution < -0.4 is 4.90 Å². The van der Waals surface area contributed by atoms with Gasteiger partial charge in [0.05, 0.1) is 12.0 Å². The number of nitrogens with zero attached hydrogens (tertiary/aromatic N) is 7. The Hall–Kier alpha value is -3.04. The van der Waals surface area contributed by atoms with Gasteiger partial charge in [-0.1, -0.05) is 0 Å². The van der Waals surface area contributed by atoms with Gasteiger partial charge in [-0.05, 0) is 32.3 Å². The topological polar surface area (TPSA) is 106 Å². The average molecular weight is 413 g/mol. The van der Waals surface area contributed by atoms with Crippen LogP contribution in [0.15, 0.2) is 18.7 Å². The van der Waals surface area contributed by atoms with Crippen molar-refractivity contribution < 1.29 is 14.3 Å². The van der Waals surface area contributed by atoms with E-state index < -0.39 is 5.41 Å². The zero-order chi connectivity index (χ0) is 21.3. The van der Waals surface area contributed by atoms with Crippen molar-refractivity contribution in [2.24, 2.45) is 18.4 Å². The van der Waals surface area contributed by atoms with Crippen LogP contribution in [0, 0.1) is 18.3 Å². The number of aryl methyl sites for hydroxylation is 2. The monoisotopic (exact) mass is 413 g/mol. The van der Waals surface area contributed by atoms with Crippen LogP contribution in [0.4, 0.5) is 5.95 Å². The molecule has 4 rings (SSSR count). The zero-order valence-corrected chi connectivity index (χ0v) is 17.6. The number of hydrogen-bond acceptors (Lipinski definition) is 8. The summed E-state index contributed by atoms with van der Waals surface area (Å²) in [6.07, 6.45) is 6.42. The van der Waals surface area contributed by atoms with Gasteiger partial charge in [-0.15, -0.1) is 5.10 Å². The summed E-state index contributed by atoms with van der Waals surface area (Å²) in [5, 5.41) is 4.15. The number of esters is 1. The van der Waals surface area contributed by atoms with E-state index in [0.29, 0.717) is 51.6 Å². The Balaban J connectivity index is 1.62. The van der Waals surface area contributed by atoms with Gasteiger partial charge in [0, 0.05) is 51.5 Å². The number of amides is 1. The lowest BCUT2D eigenvalue weighted by atomic mass is 9.75. The van der Waals surface area contributed by atoms with Crippen LogP contribution >= 0.6 is 0 Å². The molecule has 0 bridgehead atoms. The van der Waals surface area contributed by atoms with Crippen molar-refractivity contribution in [1.29, 1.82) is 0 Å². The Morgan fingerprint density at radius 1 is 1.23 bits per heavy atom. The van der Waals surface area contributed by atoms with E-state index in [1.54, 1.807) is 24.3 Å². The highest BCUT2D eigenvalue weighted by molar-refractivity contribution is 5.90. The Kier molecular flexibility index (Phi) is 5.40. The molecule has 2 saturated heterocycles. The average Bonchev–Trinajstić information content (AvgIpc) is 3.27. The SMILES string of the molecule is CCOC(=O)[C@@]12CCCN(C(=O)c3ncn(C)n3)C[C@H]1CN(c1ncc(C)cn1)C2. The van der Waals surface area contributed by atoms with Crippen LogP contribution in [0.5, 0.6) is 0 Å². The first-order chi connectivity index (χ1) is 14.4. The number of fused-ring (bicyclic) bond motifs is 1. The number of ether oxygens (including phenoxy) is 1. The van der Waals surface area contributed by atoms with Crippen LogP contribution in [0.2, 0.25) is 0 Å². The molecule has 10 nitrogen and oxygen atoms in total. The Bertz CT molecular complexity index is 929. The molecule has 0 radical (unpaired) electrons. The molecule has 0 aliphatic carbocycles. The van der Waals surface area contributed by atoms with Crippen LogP contribution in [0.3, 0.4) is 0 Å². The fourth-order valence-electron chi connectivity index (χ4n) is 4.51. The minimum atomic E-state index is -0.684. The molecule has 2 aromatic heterocycles. The van der Waals surface area contributed by atoms with Gasteiger partial charge in [0.25, 0.3) is 5.91 Å². The van der Waals surface area contributed by atoms with Crippen LogP contribution in [-0.2, 0) is 16.6 Å². The summed E-state index contributed by atoms with van der Waals surface area (Å²) < 4.78 is 7.00. The number of aromatic nitrogens is 5. The largest absolute Gasteiger partial charge is 0.466 e. The van der Waals surface area contributed by atoms with Crippen molar-refractivity contribution in [2.45, 2.75) is 26.7 Å². The predicted molar refractivity (Wildman–Crippen MR) is 108 cm³/mol. The molecule has 2 aromatic rings. The molecule has 1 amide bonds. The minimum Gasteiger partial charge on any atom is -0.466 e. The van der Waals surface area contributed by atoms with Gasteiger partial charge >= 0.3 is 5.97 Å². The first kappa shape index (κ1) is 20.2. The zero-order valence-electron chi connectivity index (χ0n) is 17.6. The van der Waals surface area contributed by atoms with E-state index in [1.807, 2.05) is 18.7 Å². The van der Waals surface area contributed by atoms with Gasteiger partial charge in [-0.2, -0.15) is 0 Å². The normalized spacial score (nSPS) is 23.8. The van der Waals surface area contributed by atoms with Crippen LogP contribution in [0.25, 0.3) is 0 Å². The molecule has 0 saturated carbocycles. The minimum absolute atomic E-state index is 0.0865. The molecule has 4 heterocycles. The standard InChI is InChI=1S/C20H27N7O3/c1-4-30-18(29)20-6-5-7-26(17(28)16-23-13-25(3)24-16)10-15(20)11-27(12-20)19-21-8-14(2)9-22-19/h8-9,13,15H,4-7,10-12H2,1-3H3/t15-,20+/m0/s1. The third-order valence-corrected chi connectivity index (χ3v) is 6.00. The smallest absolute Gasteiger partial charge is 0.314 e. The summed E-state index contributed by atoms with van der Waals surface area (Å²) in [6, 6.07) is 0. The molecule has 2 fully saturated rings. The molecule has 10 heteroatoms. The van der Waals surface area contributed by atoms with E-state index in [-0.39, 0.29) is 23.6 Å². The van der Waals surface area contributed by atoms with Gasteiger partial charge in [0.1, 0.15) is 6.33 Å². The molecule has 0 unspecified atom stereocenters. The summed E-state index contributed by atoms with van der Waals surface area (Å²) >= 11 is 0. The molecule has 2 aliphatic heterocycles. The molecule has 0 aromatic carbocycles. The van der Waals surface area contributed by atoms with E-state index in [0.717, 1.165) is 5.56 Å². The fourth-order valence-corrected chi connectivity index (χ4v) is 4.51. The predicted octanol–water partition coefficient (Wildman–Crippen LogP) is 0.835. The van der Waals surface area contributed by atoms with E-state index in [2.05, 4.69) is 20.1 Å². The third-order valence-electron chi connectivity index (χ3n) is 6.00. The highest BCUT2D eigenvalue weighted by Gasteiger charge is 2.55. The number of carbonyl (C=O) groups excluding carboxylic acids is 2. The van der Waals surface area contributed by atoms with E-state index >= 15 is 0 Å². The Morgan fingerprint density at radius 2 is 2.00 bits per heavy atom. The molecule has 2 aliphatic rings. The highest BCUT2D eigenvalue weighted by atomic mass is 16.5. The first-order valence-corrected chi connectivity index (χ1v) is 10.3. The lowest BCUT2D eigenvalue weighted by Gasteiger charge is -2.31. The Morgan fingerprint density at radius 3 is 2.67 bits per heavy atom. The van der Waals surface area contributed by atoms with Gasteiger partial charge in [0.2, 0.25) is 11.8 Å². The van der Waals surface area contributed by atoms with Crippen LogP contribution in [0.1, 0.15) is 35.9 Å². The van der Waals surface area contributed by atoms with Crippen molar-refractivity contribution in [3.63, 3.8) is 0 Å². The Labute approximate surface area is 175 Å². The lowest BCUT2D eigenvalue weighted by molar-refractivity contribution is -0.157. The maximum atomic E-state index is 13.1. The lowest BCUT2D eigenvalue weighted by Crippen LogP contribution is -2.43. The van der Waals surface area contributed by atoms with Crippen molar-refractivity contribution in [3.05, 3.63) is 30.1 Å². The van der Waals surface area contributed by atoms with Crippen molar-refractivity contribution in [1.82, 2.24) is 29.6 Å². The number of hydrogen-bond donors (Lipinski definition) is 0. The molecule has 2 atom stereocenters. The summed E-state index contributed by atoms with van der Waals surface area (Å²) in [6.45, 7) is 6.17. The second kappa shape index (κ2) is 8.00. The summed E-state index contributed by atoms with van der Waals surface area (Å²) in [4.78, 5) is 42.9. The first-order valence-electron chi connectivity index (χ1n) is 10.3.